The van der Waals surface area contributed by atoms with Crippen molar-refractivity contribution in [1.82, 2.24) is 4.98 Å². The highest BCUT2D eigenvalue weighted by Gasteiger charge is 2.14. The van der Waals surface area contributed by atoms with E-state index < -0.39 is 0 Å². The van der Waals surface area contributed by atoms with Gasteiger partial charge in [0.2, 0.25) is 0 Å². The van der Waals surface area contributed by atoms with Crippen LogP contribution in [0.1, 0.15) is 16.7 Å². The Morgan fingerprint density at radius 2 is 1.46 bits per heavy atom. The monoisotopic (exact) mass is 313 g/mol. The Morgan fingerprint density at radius 1 is 0.750 bits per heavy atom. The molecule has 2 heterocycles. The summed E-state index contributed by atoms with van der Waals surface area (Å²) in [6.07, 6.45) is 0. The number of hydrogen-bond acceptors (Lipinski definition) is 2. The Kier molecular flexibility index (Phi) is 3.46. The Bertz CT molecular complexity index is 1010. The molecule has 2 aromatic carbocycles. The molecule has 0 saturated carbocycles. The molecule has 0 fully saturated rings. The van der Waals surface area contributed by atoms with Crippen LogP contribution in [0.4, 0.5) is 0 Å². The van der Waals surface area contributed by atoms with E-state index in [0.717, 1.165) is 39.2 Å². The zero-order valence-electron chi connectivity index (χ0n) is 14.1. The highest BCUT2D eigenvalue weighted by Crippen LogP contribution is 2.33. The smallest absolute Gasteiger partial charge is 0.153 e. The van der Waals surface area contributed by atoms with E-state index in [9.17, 15) is 0 Å². The van der Waals surface area contributed by atoms with Gasteiger partial charge in [0, 0.05) is 16.7 Å². The third kappa shape index (κ3) is 2.50. The van der Waals surface area contributed by atoms with E-state index in [1.165, 1.54) is 11.1 Å². The first-order valence-electron chi connectivity index (χ1n) is 8.16. The van der Waals surface area contributed by atoms with E-state index in [1.807, 2.05) is 30.3 Å². The Hall–Kier alpha value is -2.87. The molecule has 0 bridgehead atoms. The predicted octanol–water partition coefficient (Wildman–Crippen LogP) is 6.09. The van der Waals surface area contributed by atoms with Crippen molar-refractivity contribution in [2.45, 2.75) is 20.8 Å². The number of rotatable bonds is 2. The van der Waals surface area contributed by atoms with E-state index in [0.29, 0.717) is 0 Å². The maximum atomic E-state index is 6.06. The Labute approximate surface area is 141 Å². The van der Waals surface area contributed by atoms with Crippen molar-refractivity contribution in [3.63, 3.8) is 0 Å². The first-order chi connectivity index (χ1) is 11.6. The Morgan fingerprint density at radius 3 is 2.17 bits per heavy atom. The molecule has 118 valence electrons. The fourth-order valence-corrected chi connectivity index (χ4v) is 3.24. The van der Waals surface area contributed by atoms with Gasteiger partial charge >= 0.3 is 0 Å². The average molecular weight is 313 g/mol. The van der Waals surface area contributed by atoms with E-state index in [1.54, 1.807) is 0 Å². The molecule has 0 aliphatic carbocycles. The van der Waals surface area contributed by atoms with Crippen LogP contribution in [0.5, 0.6) is 0 Å². The van der Waals surface area contributed by atoms with Gasteiger partial charge in [0.05, 0.1) is 5.69 Å². The van der Waals surface area contributed by atoms with Crippen LogP contribution in [0.15, 0.2) is 65.1 Å². The zero-order valence-corrected chi connectivity index (χ0v) is 14.1. The van der Waals surface area contributed by atoms with Crippen molar-refractivity contribution >= 4 is 11.1 Å². The average Bonchev–Trinajstić information content (AvgIpc) is 2.91. The second kappa shape index (κ2) is 5.64. The normalized spacial score (nSPS) is 11.1. The topological polar surface area (TPSA) is 26.0 Å². The lowest BCUT2D eigenvalue weighted by molar-refractivity contribution is 0.629. The lowest BCUT2D eigenvalue weighted by Crippen LogP contribution is -1.87. The summed E-state index contributed by atoms with van der Waals surface area (Å²) in [6, 6.07) is 20.8. The molecule has 24 heavy (non-hydrogen) atoms. The first kappa shape index (κ1) is 14.7. The van der Waals surface area contributed by atoms with Crippen LogP contribution in [0.2, 0.25) is 0 Å². The molecule has 0 amide bonds. The zero-order chi connectivity index (χ0) is 16.7. The fourth-order valence-electron chi connectivity index (χ4n) is 3.24. The summed E-state index contributed by atoms with van der Waals surface area (Å²) in [4.78, 5) is 4.88. The van der Waals surface area contributed by atoms with Crippen LogP contribution < -0.4 is 0 Å². The summed E-state index contributed by atoms with van der Waals surface area (Å²) in [6.45, 7) is 6.31. The maximum absolute atomic E-state index is 6.06. The number of nitrogens with zero attached hydrogens (tertiary/aromatic N) is 1. The molecule has 2 heteroatoms. The fraction of sp³-hybridized carbons (Fsp3) is 0.136. The van der Waals surface area contributed by atoms with Crippen molar-refractivity contribution in [3.8, 4) is 22.6 Å². The summed E-state index contributed by atoms with van der Waals surface area (Å²) < 4.78 is 6.06. The molecular formula is C22H19NO. The number of furan rings is 1. The predicted molar refractivity (Wildman–Crippen MR) is 99.1 cm³/mol. The van der Waals surface area contributed by atoms with Gasteiger partial charge in [0.1, 0.15) is 11.3 Å². The summed E-state index contributed by atoms with van der Waals surface area (Å²) in [5, 5.41) is 0. The lowest BCUT2D eigenvalue weighted by atomic mass is 10.0. The standard InChI is InChI=1S/C22H19NO/c1-14-11-15(2)13-18(12-14)19-9-10-20-21(23-19)16(3)22(24-20)17-7-5-4-6-8-17/h4-13H,1-3H3. The molecule has 0 aliphatic heterocycles. The number of aromatic nitrogens is 1. The third-order valence-corrected chi connectivity index (χ3v) is 4.32. The molecule has 0 saturated heterocycles. The van der Waals surface area contributed by atoms with Crippen molar-refractivity contribution in [2.75, 3.05) is 0 Å². The summed E-state index contributed by atoms with van der Waals surface area (Å²) >= 11 is 0. The SMILES string of the molecule is Cc1cc(C)cc(-c2ccc3oc(-c4ccccc4)c(C)c3n2)c1. The molecule has 2 aromatic heterocycles. The van der Waals surface area contributed by atoms with Crippen LogP contribution in [-0.4, -0.2) is 4.98 Å². The minimum atomic E-state index is 0.833. The van der Waals surface area contributed by atoms with Gasteiger partial charge in [-0.3, -0.25) is 0 Å². The van der Waals surface area contributed by atoms with Gasteiger partial charge in [-0.2, -0.15) is 0 Å². The number of aryl methyl sites for hydroxylation is 3. The van der Waals surface area contributed by atoms with E-state index >= 15 is 0 Å². The summed E-state index contributed by atoms with van der Waals surface area (Å²) in [7, 11) is 0. The quantitative estimate of drug-likeness (QED) is 0.448. The van der Waals surface area contributed by atoms with Crippen molar-refractivity contribution in [1.29, 1.82) is 0 Å². The summed E-state index contributed by atoms with van der Waals surface area (Å²) in [5.74, 6) is 0.899. The minimum Gasteiger partial charge on any atom is -0.454 e. The van der Waals surface area contributed by atoms with Crippen molar-refractivity contribution in [2.24, 2.45) is 0 Å². The van der Waals surface area contributed by atoms with E-state index in [-0.39, 0.29) is 0 Å². The van der Waals surface area contributed by atoms with E-state index in [2.05, 4.69) is 51.1 Å². The molecule has 0 radical (unpaired) electrons. The molecule has 0 atom stereocenters. The van der Waals surface area contributed by atoms with Crippen LogP contribution in [-0.2, 0) is 0 Å². The van der Waals surface area contributed by atoms with Gasteiger partial charge in [-0.1, -0.05) is 47.5 Å². The molecule has 2 nitrogen and oxygen atoms in total. The number of pyridine rings is 1. The number of hydrogen-bond donors (Lipinski definition) is 0. The molecule has 0 unspecified atom stereocenters. The second-order valence-corrected chi connectivity index (χ2v) is 6.34. The van der Waals surface area contributed by atoms with Gasteiger partial charge in [0.25, 0.3) is 0 Å². The van der Waals surface area contributed by atoms with Gasteiger partial charge in [-0.25, -0.2) is 4.98 Å². The first-order valence-corrected chi connectivity index (χ1v) is 8.16. The highest BCUT2D eigenvalue weighted by atomic mass is 16.3. The molecule has 4 rings (SSSR count). The Balaban J connectivity index is 1.88. The van der Waals surface area contributed by atoms with Gasteiger partial charge in [-0.05, 0) is 45.0 Å². The molecule has 0 N–H and O–H groups in total. The summed E-state index contributed by atoms with van der Waals surface area (Å²) in [5.41, 5.74) is 8.57. The molecule has 4 aromatic rings. The highest BCUT2D eigenvalue weighted by molar-refractivity contribution is 5.86. The maximum Gasteiger partial charge on any atom is 0.153 e. The second-order valence-electron chi connectivity index (χ2n) is 6.34. The van der Waals surface area contributed by atoms with Gasteiger partial charge in [-0.15, -0.1) is 0 Å². The van der Waals surface area contributed by atoms with Crippen molar-refractivity contribution in [3.05, 3.63) is 77.4 Å². The largest absolute Gasteiger partial charge is 0.454 e. The van der Waals surface area contributed by atoms with E-state index in [4.69, 9.17) is 9.40 Å². The number of benzene rings is 2. The van der Waals surface area contributed by atoms with Crippen molar-refractivity contribution < 1.29 is 4.42 Å². The number of fused-ring (bicyclic) bond motifs is 1. The van der Waals surface area contributed by atoms with Crippen LogP contribution in [0.25, 0.3) is 33.7 Å². The van der Waals surface area contributed by atoms with Crippen LogP contribution in [0, 0.1) is 20.8 Å². The minimum absolute atomic E-state index is 0.833. The van der Waals surface area contributed by atoms with Gasteiger partial charge in [0.15, 0.2) is 5.58 Å². The van der Waals surface area contributed by atoms with Crippen LogP contribution in [0.3, 0.4) is 0 Å². The van der Waals surface area contributed by atoms with Crippen LogP contribution >= 0.6 is 0 Å². The molecular weight excluding hydrogens is 294 g/mol. The van der Waals surface area contributed by atoms with Gasteiger partial charge < -0.3 is 4.42 Å². The lowest BCUT2D eigenvalue weighted by Gasteiger charge is -2.04. The third-order valence-electron chi connectivity index (χ3n) is 4.32. The molecule has 0 spiro atoms. The molecule has 0 aliphatic rings.